The minimum Gasteiger partial charge on any atom is -0.308 e. The second-order valence-corrected chi connectivity index (χ2v) is 5.59. The first-order valence-corrected chi connectivity index (χ1v) is 8.29. The van der Waals surface area contributed by atoms with Gasteiger partial charge < -0.3 is 10.6 Å². The van der Waals surface area contributed by atoms with E-state index >= 15 is 0 Å². The van der Waals surface area contributed by atoms with Crippen molar-refractivity contribution in [2.75, 3.05) is 10.6 Å². The van der Waals surface area contributed by atoms with Crippen LogP contribution in [-0.4, -0.2) is 23.1 Å². The maximum absolute atomic E-state index is 13.5. The lowest BCUT2D eigenvalue weighted by Gasteiger charge is -2.08. The second kappa shape index (κ2) is 9.04. The van der Waals surface area contributed by atoms with Crippen molar-refractivity contribution >= 4 is 29.5 Å². The SMILES string of the molecule is O=C(Nc1ccc(C(=O)NN=Cc2ccccn2)cc1)Nc1ccccc1F. The molecule has 3 aromatic rings. The zero-order valence-corrected chi connectivity index (χ0v) is 14.6. The van der Waals surface area contributed by atoms with E-state index in [4.69, 9.17) is 0 Å². The molecule has 3 rings (SSSR count). The molecule has 0 atom stereocenters. The third kappa shape index (κ3) is 5.21. The molecule has 2 aromatic carbocycles. The molecule has 7 nitrogen and oxygen atoms in total. The first-order valence-electron chi connectivity index (χ1n) is 8.29. The number of anilines is 2. The van der Waals surface area contributed by atoms with Gasteiger partial charge in [0.25, 0.3) is 5.91 Å². The Bertz CT molecular complexity index is 991. The summed E-state index contributed by atoms with van der Waals surface area (Å²) in [7, 11) is 0. The number of amides is 3. The van der Waals surface area contributed by atoms with Crippen LogP contribution in [-0.2, 0) is 0 Å². The highest BCUT2D eigenvalue weighted by atomic mass is 19.1. The summed E-state index contributed by atoms with van der Waals surface area (Å²) in [6.45, 7) is 0. The molecule has 0 bridgehead atoms. The van der Waals surface area contributed by atoms with Crippen molar-refractivity contribution in [2.24, 2.45) is 5.10 Å². The highest BCUT2D eigenvalue weighted by molar-refractivity contribution is 6.00. The number of aromatic nitrogens is 1. The monoisotopic (exact) mass is 377 g/mol. The average molecular weight is 377 g/mol. The Kier molecular flexibility index (Phi) is 6.04. The first kappa shape index (κ1) is 18.7. The molecule has 0 saturated carbocycles. The molecule has 3 N–H and O–H groups in total. The van der Waals surface area contributed by atoms with Crippen molar-refractivity contribution < 1.29 is 14.0 Å². The van der Waals surface area contributed by atoms with Gasteiger partial charge in [0.05, 0.1) is 17.6 Å². The number of rotatable bonds is 5. The molecule has 140 valence electrons. The first-order chi connectivity index (χ1) is 13.6. The molecule has 0 aliphatic rings. The lowest BCUT2D eigenvalue weighted by atomic mass is 10.2. The van der Waals surface area contributed by atoms with Gasteiger partial charge in [-0.15, -0.1) is 0 Å². The van der Waals surface area contributed by atoms with E-state index in [1.165, 1.54) is 36.5 Å². The molecule has 0 radical (unpaired) electrons. The largest absolute Gasteiger partial charge is 0.323 e. The van der Waals surface area contributed by atoms with Crippen LogP contribution in [0.2, 0.25) is 0 Å². The molecule has 1 heterocycles. The molecule has 1 aromatic heterocycles. The van der Waals surface area contributed by atoms with Crippen LogP contribution in [0.1, 0.15) is 16.1 Å². The number of hydrogen-bond donors (Lipinski definition) is 3. The van der Waals surface area contributed by atoms with Gasteiger partial charge in [-0.3, -0.25) is 9.78 Å². The average Bonchev–Trinajstić information content (AvgIpc) is 2.71. The Morgan fingerprint density at radius 3 is 2.39 bits per heavy atom. The number of nitrogens with one attached hydrogen (secondary N) is 3. The maximum atomic E-state index is 13.5. The summed E-state index contributed by atoms with van der Waals surface area (Å²) >= 11 is 0. The zero-order chi connectivity index (χ0) is 19.8. The van der Waals surface area contributed by atoms with E-state index in [2.05, 4.69) is 26.1 Å². The highest BCUT2D eigenvalue weighted by Gasteiger charge is 2.08. The smallest absolute Gasteiger partial charge is 0.308 e. The Labute approximate surface area is 160 Å². The van der Waals surface area contributed by atoms with Crippen LogP contribution in [0.3, 0.4) is 0 Å². The van der Waals surface area contributed by atoms with Crippen LogP contribution < -0.4 is 16.1 Å². The van der Waals surface area contributed by atoms with Gasteiger partial charge in [0.1, 0.15) is 5.82 Å². The number of urea groups is 1. The van der Waals surface area contributed by atoms with E-state index in [9.17, 15) is 14.0 Å². The van der Waals surface area contributed by atoms with Crippen LogP contribution in [0, 0.1) is 5.82 Å². The number of carbonyl (C=O) groups is 2. The summed E-state index contributed by atoms with van der Waals surface area (Å²) in [5.41, 5.74) is 3.89. The highest BCUT2D eigenvalue weighted by Crippen LogP contribution is 2.14. The van der Waals surface area contributed by atoms with Crippen molar-refractivity contribution in [3.05, 3.63) is 90.0 Å². The van der Waals surface area contributed by atoms with Gasteiger partial charge in [-0.25, -0.2) is 14.6 Å². The van der Waals surface area contributed by atoms with Crippen LogP contribution in [0.4, 0.5) is 20.6 Å². The molecule has 0 fully saturated rings. The van der Waals surface area contributed by atoms with Crippen LogP contribution in [0.5, 0.6) is 0 Å². The fourth-order valence-electron chi connectivity index (χ4n) is 2.23. The number of carbonyl (C=O) groups excluding carboxylic acids is 2. The molecule has 3 amide bonds. The molecular formula is C20H16FN5O2. The van der Waals surface area contributed by atoms with Gasteiger partial charge >= 0.3 is 6.03 Å². The second-order valence-electron chi connectivity index (χ2n) is 5.59. The third-order valence-electron chi connectivity index (χ3n) is 3.58. The van der Waals surface area contributed by atoms with Crippen molar-refractivity contribution in [2.45, 2.75) is 0 Å². The summed E-state index contributed by atoms with van der Waals surface area (Å²) in [6.07, 6.45) is 3.05. The van der Waals surface area contributed by atoms with E-state index in [-0.39, 0.29) is 5.69 Å². The summed E-state index contributed by atoms with van der Waals surface area (Å²) < 4.78 is 13.5. The Morgan fingerprint density at radius 1 is 0.929 bits per heavy atom. The van der Waals surface area contributed by atoms with Gasteiger partial charge in [-0.1, -0.05) is 18.2 Å². The van der Waals surface area contributed by atoms with E-state index < -0.39 is 17.8 Å². The van der Waals surface area contributed by atoms with Gasteiger partial charge in [0.15, 0.2) is 0 Å². The topological polar surface area (TPSA) is 95.5 Å². The quantitative estimate of drug-likeness (QED) is 0.468. The summed E-state index contributed by atoms with van der Waals surface area (Å²) in [4.78, 5) is 28.0. The Hall–Kier alpha value is -4.07. The fourth-order valence-corrected chi connectivity index (χ4v) is 2.23. The van der Waals surface area contributed by atoms with Gasteiger partial charge in [-0.05, 0) is 48.5 Å². The number of pyridine rings is 1. The lowest BCUT2D eigenvalue weighted by Crippen LogP contribution is -2.20. The minimum atomic E-state index is -0.595. The minimum absolute atomic E-state index is 0.0711. The van der Waals surface area contributed by atoms with Gasteiger partial charge in [-0.2, -0.15) is 5.10 Å². The van der Waals surface area contributed by atoms with E-state index in [1.807, 2.05) is 6.07 Å². The number of halogens is 1. The predicted molar refractivity (Wildman–Crippen MR) is 105 cm³/mol. The number of nitrogens with zero attached hydrogens (tertiary/aromatic N) is 2. The van der Waals surface area contributed by atoms with Gasteiger partial charge in [0, 0.05) is 17.4 Å². The summed E-state index contributed by atoms with van der Waals surface area (Å²) in [6, 6.07) is 16.8. The van der Waals surface area contributed by atoms with Crippen LogP contribution in [0.15, 0.2) is 78.0 Å². The Balaban J connectivity index is 1.54. The number of benzene rings is 2. The van der Waals surface area contributed by atoms with Crippen molar-refractivity contribution in [1.29, 1.82) is 0 Å². The number of para-hydroxylation sites is 1. The molecular weight excluding hydrogens is 361 g/mol. The zero-order valence-electron chi connectivity index (χ0n) is 14.6. The molecule has 28 heavy (non-hydrogen) atoms. The third-order valence-corrected chi connectivity index (χ3v) is 3.58. The Morgan fingerprint density at radius 2 is 1.68 bits per heavy atom. The van der Waals surface area contributed by atoms with Crippen LogP contribution in [0.25, 0.3) is 0 Å². The maximum Gasteiger partial charge on any atom is 0.323 e. The van der Waals surface area contributed by atoms with Gasteiger partial charge in [0.2, 0.25) is 0 Å². The normalized spacial score (nSPS) is 10.5. The number of hydrazone groups is 1. The van der Waals surface area contributed by atoms with Crippen LogP contribution >= 0.6 is 0 Å². The number of hydrogen-bond acceptors (Lipinski definition) is 4. The molecule has 0 aliphatic carbocycles. The predicted octanol–water partition coefficient (Wildman–Crippen LogP) is 3.63. The molecule has 0 spiro atoms. The fraction of sp³-hybridized carbons (Fsp3) is 0. The summed E-state index contributed by atoms with van der Waals surface area (Å²) in [5, 5.41) is 8.81. The van der Waals surface area contributed by atoms with E-state index in [0.29, 0.717) is 16.9 Å². The van der Waals surface area contributed by atoms with E-state index in [0.717, 1.165) is 0 Å². The lowest BCUT2D eigenvalue weighted by molar-refractivity contribution is 0.0955. The molecule has 0 saturated heterocycles. The van der Waals surface area contributed by atoms with Crippen molar-refractivity contribution in [3.63, 3.8) is 0 Å². The molecule has 0 unspecified atom stereocenters. The van der Waals surface area contributed by atoms with E-state index in [1.54, 1.807) is 36.5 Å². The summed E-state index contributed by atoms with van der Waals surface area (Å²) in [5.74, 6) is -0.939. The van der Waals surface area contributed by atoms with Crippen molar-refractivity contribution in [3.8, 4) is 0 Å². The standard InChI is InChI=1S/C20H16FN5O2/c21-17-6-1-2-7-18(17)25-20(28)24-15-10-8-14(9-11-15)19(27)26-23-13-16-5-3-4-12-22-16/h1-13H,(H,26,27)(H2,24,25,28). The molecule has 8 heteroatoms. The van der Waals surface area contributed by atoms with Crippen molar-refractivity contribution in [1.82, 2.24) is 10.4 Å². The molecule has 0 aliphatic heterocycles.